The van der Waals surface area contributed by atoms with Gasteiger partial charge in [-0.1, -0.05) is 18.2 Å². The van der Waals surface area contributed by atoms with Gasteiger partial charge >= 0.3 is 0 Å². The number of hydrogen-bond donors (Lipinski definition) is 2. The van der Waals surface area contributed by atoms with Crippen molar-refractivity contribution in [1.82, 2.24) is 4.72 Å². The third kappa shape index (κ3) is 2.47. The van der Waals surface area contributed by atoms with Crippen molar-refractivity contribution < 1.29 is 18.3 Å². The van der Waals surface area contributed by atoms with Crippen molar-refractivity contribution in [1.29, 1.82) is 0 Å². The standard InChI is InChI=1S/C13H15NO4S2/c15-7-12-13(10-3-1-2-4-11(10)19-12)20(16,17)14-9-5-6-18-8-9/h1-4,9,14-15H,5-8H2. The predicted molar refractivity (Wildman–Crippen MR) is 77.3 cm³/mol. The maximum Gasteiger partial charge on any atom is 0.242 e. The molecule has 2 N–H and O–H groups in total. The van der Waals surface area contributed by atoms with Gasteiger partial charge in [0, 0.05) is 22.7 Å². The van der Waals surface area contributed by atoms with Gasteiger partial charge in [0.15, 0.2) is 0 Å². The highest BCUT2D eigenvalue weighted by atomic mass is 32.2. The van der Waals surface area contributed by atoms with Crippen LogP contribution in [0.4, 0.5) is 0 Å². The Morgan fingerprint density at radius 3 is 2.90 bits per heavy atom. The largest absolute Gasteiger partial charge is 0.391 e. The van der Waals surface area contributed by atoms with E-state index in [1.807, 2.05) is 12.1 Å². The second kappa shape index (κ2) is 5.42. The number of hydrogen-bond acceptors (Lipinski definition) is 5. The number of benzene rings is 1. The molecule has 0 amide bonds. The first-order valence-electron chi connectivity index (χ1n) is 6.33. The van der Waals surface area contributed by atoms with Gasteiger partial charge in [0.05, 0.1) is 18.1 Å². The number of aliphatic hydroxyl groups excluding tert-OH is 1. The monoisotopic (exact) mass is 313 g/mol. The van der Waals surface area contributed by atoms with Crippen LogP contribution in [0.1, 0.15) is 11.3 Å². The first-order valence-corrected chi connectivity index (χ1v) is 8.63. The van der Waals surface area contributed by atoms with Gasteiger partial charge in [-0.25, -0.2) is 13.1 Å². The number of thiophene rings is 1. The molecule has 7 heteroatoms. The van der Waals surface area contributed by atoms with Gasteiger partial charge in [-0.3, -0.25) is 0 Å². The quantitative estimate of drug-likeness (QED) is 0.896. The zero-order valence-electron chi connectivity index (χ0n) is 10.7. The van der Waals surface area contributed by atoms with E-state index in [4.69, 9.17) is 4.74 Å². The molecular weight excluding hydrogens is 298 g/mol. The van der Waals surface area contributed by atoms with E-state index >= 15 is 0 Å². The highest BCUT2D eigenvalue weighted by Gasteiger charge is 2.28. The summed E-state index contributed by atoms with van der Waals surface area (Å²) in [7, 11) is -3.65. The van der Waals surface area contributed by atoms with Gasteiger partial charge in [-0.2, -0.15) is 0 Å². The molecule has 108 valence electrons. The number of fused-ring (bicyclic) bond motifs is 1. The van der Waals surface area contributed by atoms with Crippen molar-refractivity contribution in [2.45, 2.75) is 24.0 Å². The van der Waals surface area contributed by atoms with Crippen LogP contribution in [0.2, 0.25) is 0 Å². The van der Waals surface area contributed by atoms with Gasteiger partial charge in [0.25, 0.3) is 0 Å². The Morgan fingerprint density at radius 1 is 1.40 bits per heavy atom. The third-order valence-corrected chi connectivity index (χ3v) is 6.21. The second-order valence-electron chi connectivity index (χ2n) is 4.69. The Labute approximate surface area is 121 Å². The minimum atomic E-state index is -3.65. The van der Waals surface area contributed by atoms with Crippen LogP contribution in [-0.4, -0.2) is 32.8 Å². The van der Waals surface area contributed by atoms with Gasteiger partial charge < -0.3 is 9.84 Å². The van der Waals surface area contributed by atoms with E-state index in [1.54, 1.807) is 12.1 Å². The van der Waals surface area contributed by atoms with Crippen LogP contribution in [-0.2, 0) is 21.4 Å². The fourth-order valence-corrected chi connectivity index (χ4v) is 5.43. The van der Waals surface area contributed by atoms with E-state index in [2.05, 4.69) is 4.72 Å². The SMILES string of the molecule is O=S(=O)(NC1CCOC1)c1c(CO)sc2ccccc12. The number of nitrogens with one attached hydrogen (secondary N) is 1. The molecule has 1 unspecified atom stereocenters. The minimum Gasteiger partial charge on any atom is -0.391 e. The molecule has 1 aliphatic heterocycles. The number of aliphatic hydroxyl groups is 1. The summed E-state index contributed by atoms with van der Waals surface area (Å²) in [6, 6.07) is 7.09. The van der Waals surface area contributed by atoms with E-state index in [0.717, 1.165) is 4.70 Å². The highest BCUT2D eigenvalue weighted by Crippen LogP contribution is 2.34. The summed E-state index contributed by atoms with van der Waals surface area (Å²) in [6.07, 6.45) is 0.676. The molecule has 0 saturated carbocycles. The molecule has 2 aromatic rings. The summed E-state index contributed by atoms with van der Waals surface area (Å²) >= 11 is 1.31. The smallest absolute Gasteiger partial charge is 0.242 e. The van der Waals surface area contributed by atoms with Crippen molar-refractivity contribution in [3.05, 3.63) is 29.1 Å². The van der Waals surface area contributed by atoms with E-state index in [9.17, 15) is 13.5 Å². The maximum atomic E-state index is 12.6. The molecule has 0 bridgehead atoms. The van der Waals surface area contributed by atoms with Gasteiger partial charge in [0.1, 0.15) is 4.90 Å². The first-order chi connectivity index (χ1) is 9.62. The van der Waals surface area contributed by atoms with Crippen LogP contribution >= 0.6 is 11.3 Å². The van der Waals surface area contributed by atoms with E-state index in [-0.39, 0.29) is 17.5 Å². The lowest BCUT2D eigenvalue weighted by Crippen LogP contribution is -2.35. The molecule has 1 atom stereocenters. The summed E-state index contributed by atoms with van der Waals surface area (Å²) < 4.78 is 33.9. The summed E-state index contributed by atoms with van der Waals surface area (Å²) in [5, 5.41) is 10.1. The van der Waals surface area contributed by atoms with Crippen LogP contribution < -0.4 is 4.72 Å². The molecule has 1 aliphatic rings. The summed E-state index contributed by atoms with van der Waals surface area (Å²) in [5.74, 6) is 0. The Balaban J connectivity index is 2.07. The zero-order chi connectivity index (χ0) is 14.2. The molecule has 1 aromatic heterocycles. The Morgan fingerprint density at radius 2 is 2.20 bits per heavy atom. The normalized spacial score (nSPS) is 19.8. The Kier molecular flexibility index (Phi) is 3.78. The summed E-state index contributed by atoms with van der Waals surface area (Å²) in [5.41, 5.74) is 0. The van der Waals surface area contributed by atoms with Crippen molar-refractivity contribution in [3.63, 3.8) is 0 Å². The van der Waals surface area contributed by atoms with Crippen LogP contribution in [0.3, 0.4) is 0 Å². The summed E-state index contributed by atoms with van der Waals surface area (Å²) in [4.78, 5) is 0.671. The lowest BCUT2D eigenvalue weighted by atomic mass is 10.2. The van der Waals surface area contributed by atoms with E-state index in [0.29, 0.717) is 29.9 Å². The maximum absolute atomic E-state index is 12.6. The van der Waals surface area contributed by atoms with E-state index in [1.165, 1.54) is 11.3 Å². The average molecular weight is 313 g/mol. The van der Waals surface area contributed by atoms with Crippen LogP contribution in [0.25, 0.3) is 10.1 Å². The van der Waals surface area contributed by atoms with Crippen molar-refractivity contribution >= 4 is 31.4 Å². The number of sulfonamides is 1. The third-order valence-electron chi connectivity index (χ3n) is 3.28. The number of rotatable bonds is 4. The first kappa shape index (κ1) is 14.0. The minimum absolute atomic E-state index is 0.190. The Bertz CT molecular complexity index is 717. The highest BCUT2D eigenvalue weighted by molar-refractivity contribution is 7.90. The van der Waals surface area contributed by atoms with Gasteiger partial charge in [-0.05, 0) is 12.5 Å². The van der Waals surface area contributed by atoms with Gasteiger partial charge in [-0.15, -0.1) is 11.3 Å². The fraction of sp³-hybridized carbons (Fsp3) is 0.385. The lowest BCUT2D eigenvalue weighted by molar-refractivity contribution is 0.192. The second-order valence-corrected chi connectivity index (χ2v) is 7.48. The molecule has 20 heavy (non-hydrogen) atoms. The van der Waals surface area contributed by atoms with Crippen LogP contribution in [0.5, 0.6) is 0 Å². The lowest BCUT2D eigenvalue weighted by Gasteiger charge is -2.12. The van der Waals surface area contributed by atoms with Crippen LogP contribution in [0, 0.1) is 0 Å². The van der Waals surface area contributed by atoms with Crippen molar-refractivity contribution in [2.75, 3.05) is 13.2 Å². The van der Waals surface area contributed by atoms with Gasteiger partial charge in [0.2, 0.25) is 10.0 Å². The molecule has 0 aliphatic carbocycles. The number of ether oxygens (including phenoxy) is 1. The predicted octanol–water partition coefficient (Wildman–Crippen LogP) is 1.46. The fourth-order valence-electron chi connectivity index (χ4n) is 2.38. The summed E-state index contributed by atoms with van der Waals surface area (Å²) in [6.45, 7) is 0.691. The molecule has 0 spiro atoms. The van der Waals surface area contributed by atoms with Crippen molar-refractivity contribution in [2.24, 2.45) is 0 Å². The van der Waals surface area contributed by atoms with Crippen molar-refractivity contribution in [3.8, 4) is 0 Å². The molecule has 2 heterocycles. The topological polar surface area (TPSA) is 75.6 Å². The zero-order valence-corrected chi connectivity index (χ0v) is 12.3. The van der Waals surface area contributed by atoms with Crippen LogP contribution in [0.15, 0.2) is 29.2 Å². The molecule has 5 nitrogen and oxygen atoms in total. The van der Waals surface area contributed by atoms with E-state index < -0.39 is 10.0 Å². The molecular formula is C13H15NO4S2. The molecule has 3 rings (SSSR count). The molecule has 1 saturated heterocycles. The molecule has 1 aromatic carbocycles. The Hall–Kier alpha value is -0.990. The average Bonchev–Trinajstić information content (AvgIpc) is 3.04. The molecule has 1 fully saturated rings. The molecule has 0 radical (unpaired) electrons.